The molecule has 1 aromatic heterocycles. The molecule has 14 heavy (non-hydrogen) atoms. The normalized spacial score (nSPS) is 10.0. The van der Waals surface area contributed by atoms with E-state index < -0.39 is 0 Å². The van der Waals surface area contributed by atoms with Crippen molar-refractivity contribution in [3.05, 3.63) is 42.3 Å². The zero-order valence-corrected chi connectivity index (χ0v) is 7.38. The van der Waals surface area contributed by atoms with Crippen molar-refractivity contribution in [3.8, 4) is 11.5 Å². The van der Waals surface area contributed by atoms with E-state index in [9.17, 15) is 0 Å². The van der Waals surface area contributed by atoms with Crippen LogP contribution in [0.1, 0.15) is 5.56 Å². The maximum absolute atomic E-state index is 9.16. The maximum atomic E-state index is 9.16. The first-order chi connectivity index (χ1) is 6.84. The molecule has 4 nitrogen and oxygen atoms in total. The van der Waals surface area contributed by atoms with Crippen LogP contribution in [0, 0.1) is 0 Å². The highest BCUT2D eigenvalue weighted by Crippen LogP contribution is 2.18. The number of benzene rings is 1. The molecule has 2 aromatic rings. The van der Waals surface area contributed by atoms with Gasteiger partial charge in [0, 0.05) is 11.6 Å². The van der Waals surface area contributed by atoms with Crippen LogP contribution in [0.5, 0.6) is 11.5 Å². The maximum Gasteiger partial charge on any atom is 0.130 e. The lowest BCUT2D eigenvalue weighted by molar-refractivity contribution is 0.302. The molecule has 1 heterocycles. The van der Waals surface area contributed by atoms with Gasteiger partial charge in [-0.05, 0) is 12.1 Å². The van der Waals surface area contributed by atoms with Gasteiger partial charge in [-0.3, -0.25) is 0 Å². The van der Waals surface area contributed by atoms with Crippen LogP contribution in [-0.2, 0) is 6.61 Å². The summed E-state index contributed by atoms with van der Waals surface area (Å²) >= 11 is 0. The minimum absolute atomic E-state index is 0.188. The van der Waals surface area contributed by atoms with E-state index in [0.29, 0.717) is 12.4 Å². The van der Waals surface area contributed by atoms with Crippen LogP contribution in [-0.4, -0.2) is 10.3 Å². The van der Waals surface area contributed by atoms with Crippen LogP contribution in [0.25, 0.3) is 0 Å². The van der Waals surface area contributed by atoms with Gasteiger partial charge < -0.3 is 14.4 Å². The van der Waals surface area contributed by atoms with E-state index in [0.717, 1.165) is 5.56 Å². The number of hydrogen-bond acceptors (Lipinski definition) is 4. The topological polar surface area (TPSA) is 55.5 Å². The Labute approximate surface area is 80.7 Å². The van der Waals surface area contributed by atoms with Crippen LogP contribution >= 0.6 is 0 Å². The third kappa shape index (κ3) is 2.04. The number of ether oxygens (including phenoxy) is 1. The molecule has 0 aliphatic carbocycles. The predicted octanol–water partition coefficient (Wildman–Crippen LogP) is 1.96. The molecule has 0 saturated carbocycles. The van der Waals surface area contributed by atoms with Gasteiger partial charge in [0.05, 0.1) is 6.20 Å². The molecule has 72 valence electrons. The largest absolute Gasteiger partial charge is 0.508 e. The van der Waals surface area contributed by atoms with Crippen molar-refractivity contribution < 1.29 is 14.4 Å². The van der Waals surface area contributed by atoms with Crippen LogP contribution in [0.15, 0.2) is 41.2 Å². The Hall–Kier alpha value is -1.97. The quantitative estimate of drug-likeness (QED) is 0.805. The van der Waals surface area contributed by atoms with Crippen LogP contribution < -0.4 is 4.74 Å². The lowest BCUT2D eigenvalue weighted by atomic mass is 10.3. The number of nitrogens with zero attached hydrogens (tertiary/aromatic N) is 1. The molecule has 0 radical (unpaired) electrons. The number of phenols is 1. The smallest absolute Gasteiger partial charge is 0.130 e. The molecular weight excluding hydrogens is 182 g/mol. The van der Waals surface area contributed by atoms with Crippen molar-refractivity contribution in [1.29, 1.82) is 0 Å². The Morgan fingerprint density at radius 3 is 3.07 bits per heavy atom. The molecule has 0 bridgehead atoms. The number of phenolic OH excluding ortho intramolecular Hbond substituents is 1. The third-order valence-electron chi connectivity index (χ3n) is 1.71. The summed E-state index contributed by atoms with van der Waals surface area (Å²) in [5.74, 6) is 0.805. The summed E-state index contributed by atoms with van der Waals surface area (Å²) in [7, 11) is 0. The molecule has 0 aliphatic heterocycles. The first-order valence-corrected chi connectivity index (χ1v) is 4.15. The lowest BCUT2D eigenvalue weighted by Gasteiger charge is -2.03. The van der Waals surface area contributed by atoms with Crippen molar-refractivity contribution in [3.63, 3.8) is 0 Å². The molecule has 0 saturated heterocycles. The minimum Gasteiger partial charge on any atom is -0.508 e. The van der Waals surface area contributed by atoms with Crippen molar-refractivity contribution in [1.82, 2.24) is 5.16 Å². The number of aromatic nitrogens is 1. The van der Waals surface area contributed by atoms with Gasteiger partial charge in [-0.2, -0.15) is 0 Å². The van der Waals surface area contributed by atoms with Crippen molar-refractivity contribution >= 4 is 0 Å². The highest BCUT2D eigenvalue weighted by Gasteiger charge is 1.98. The molecule has 0 spiro atoms. The summed E-state index contributed by atoms with van der Waals surface area (Å²) in [6.45, 7) is 0.382. The van der Waals surface area contributed by atoms with E-state index in [1.807, 2.05) is 0 Å². The van der Waals surface area contributed by atoms with Crippen LogP contribution in [0.2, 0.25) is 0 Å². The van der Waals surface area contributed by atoms with Gasteiger partial charge in [0.2, 0.25) is 0 Å². The second kappa shape index (κ2) is 3.83. The molecule has 1 N–H and O–H groups in total. The summed E-state index contributed by atoms with van der Waals surface area (Å²) in [4.78, 5) is 0. The third-order valence-corrected chi connectivity index (χ3v) is 1.71. The fourth-order valence-corrected chi connectivity index (χ4v) is 1.04. The first-order valence-electron chi connectivity index (χ1n) is 4.15. The SMILES string of the molecule is Oc1cccc(OCc2cnoc2)c1. The van der Waals surface area contributed by atoms with Gasteiger partial charge in [-0.1, -0.05) is 11.2 Å². The minimum atomic E-state index is 0.188. The molecule has 0 amide bonds. The summed E-state index contributed by atoms with van der Waals surface area (Å²) in [5, 5.41) is 12.7. The standard InChI is InChI=1S/C10H9NO3/c12-9-2-1-3-10(4-9)13-6-8-5-11-14-7-8/h1-5,7,12H,6H2. The van der Waals surface area contributed by atoms with Gasteiger partial charge in [-0.15, -0.1) is 0 Å². The van der Waals surface area contributed by atoms with Gasteiger partial charge in [0.25, 0.3) is 0 Å². The van der Waals surface area contributed by atoms with E-state index in [-0.39, 0.29) is 5.75 Å². The Morgan fingerprint density at radius 1 is 1.43 bits per heavy atom. The molecule has 0 fully saturated rings. The lowest BCUT2D eigenvalue weighted by Crippen LogP contribution is -1.92. The summed E-state index contributed by atoms with van der Waals surface area (Å²) in [6, 6.07) is 6.63. The molecule has 0 unspecified atom stereocenters. The first kappa shape index (κ1) is 8.62. The predicted molar refractivity (Wildman–Crippen MR) is 48.9 cm³/mol. The highest BCUT2D eigenvalue weighted by molar-refractivity contribution is 5.31. The second-order valence-corrected chi connectivity index (χ2v) is 2.82. The Morgan fingerprint density at radius 2 is 2.36 bits per heavy atom. The van der Waals surface area contributed by atoms with Crippen LogP contribution in [0.4, 0.5) is 0 Å². The van der Waals surface area contributed by atoms with Crippen molar-refractivity contribution in [2.75, 3.05) is 0 Å². The average Bonchev–Trinajstić information content (AvgIpc) is 2.67. The number of hydrogen-bond donors (Lipinski definition) is 1. The van der Waals surface area contributed by atoms with Gasteiger partial charge in [0.1, 0.15) is 24.4 Å². The van der Waals surface area contributed by atoms with Gasteiger partial charge in [-0.25, -0.2) is 0 Å². The zero-order chi connectivity index (χ0) is 9.80. The summed E-state index contributed by atoms with van der Waals surface area (Å²) < 4.78 is 10.0. The van der Waals surface area contributed by atoms with E-state index in [1.54, 1.807) is 30.5 Å². The molecule has 4 heteroatoms. The van der Waals surface area contributed by atoms with E-state index in [4.69, 9.17) is 9.84 Å². The van der Waals surface area contributed by atoms with E-state index in [1.165, 1.54) is 6.26 Å². The van der Waals surface area contributed by atoms with E-state index in [2.05, 4.69) is 9.68 Å². The van der Waals surface area contributed by atoms with Crippen molar-refractivity contribution in [2.24, 2.45) is 0 Å². The second-order valence-electron chi connectivity index (χ2n) is 2.82. The number of rotatable bonds is 3. The Balaban J connectivity index is 1.98. The molecule has 2 rings (SSSR count). The molecule has 0 atom stereocenters. The Kier molecular flexibility index (Phi) is 2.36. The van der Waals surface area contributed by atoms with Crippen molar-refractivity contribution in [2.45, 2.75) is 6.61 Å². The van der Waals surface area contributed by atoms with E-state index >= 15 is 0 Å². The Bertz CT molecular complexity index is 398. The molecule has 1 aromatic carbocycles. The van der Waals surface area contributed by atoms with Gasteiger partial charge in [0.15, 0.2) is 0 Å². The average molecular weight is 191 g/mol. The fraction of sp³-hybridized carbons (Fsp3) is 0.100. The monoisotopic (exact) mass is 191 g/mol. The summed E-state index contributed by atoms with van der Waals surface area (Å²) in [6.07, 6.45) is 3.10. The van der Waals surface area contributed by atoms with Gasteiger partial charge >= 0.3 is 0 Å². The molecule has 0 aliphatic rings. The number of aromatic hydroxyl groups is 1. The fourth-order valence-electron chi connectivity index (χ4n) is 1.04. The summed E-state index contributed by atoms with van der Waals surface area (Å²) in [5.41, 5.74) is 0.855. The highest BCUT2D eigenvalue weighted by atomic mass is 16.5. The molecular formula is C10H9NO3. The van der Waals surface area contributed by atoms with Crippen LogP contribution in [0.3, 0.4) is 0 Å². The zero-order valence-electron chi connectivity index (χ0n) is 7.38.